The Morgan fingerprint density at radius 2 is 1.81 bits per heavy atom. The van der Waals surface area contributed by atoms with E-state index in [9.17, 15) is 15.3 Å². The first-order valence-electron chi connectivity index (χ1n) is 5.94. The molecule has 1 aromatic rings. The first kappa shape index (κ1) is 18.1. The summed E-state index contributed by atoms with van der Waals surface area (Å²) >= 11 is 11.6. The normalized spacial score (nSPS) is 17.5. The highest BCUT2D eigenvalue weighted by molar-refractivity contribution is 6.36. The van der Waals surface area contributed by atoms with Gasteiger partial charge in [-0.3, -0.25) is 5.43 Å². The van der Waals surface area contributed by atoms with E-state index in [0.717, 1.165) is 6.21 Å². The van der Waals surface area contributed by atoms with E-state index in [1.54, 1.807) is 12.1 Å². The summed E-state index contributed by atoms with van der Waals surface area (Å²) in [6, 6.07) is 4.64. The van der Waals surface area contributed by atoms with Crippen LogP contribution >= 0.6 is 23.2 Å². The van der Waals surface area contributed by atoms with Crippen molar-refractivity contribution in [1.82, 2.24) is 0 Å². The molecule has 0 aliphatic rings. The van der Waals surface area contributed by atoms with Gasteiger partial charge in [0, 0.05) is 5.02 Å². The number of hydrogen-bond acceptors (Lipinski definition) is 7. The fraction of sp³-hybridized carbons (Fsp3) is 0.417. The summed E-state index contributed by atoms with van der Waals surface area (Å²) in [5.74, 6) is 0. The molecule has 9 heteroatoms. The Kier molecular flexibility index (Phi) is 7.33. The molecule has 118 valence electrons. The first-order valence-corrected chi connectivity index (χ1v) is 6.69. The van der Waals surface area contributed by atoms with Crippen molar-refractivity contribution in [3.8, 4) is 0 Å². The van der Waals surface area contributed by atoms with Crippen molar-refractivity contribution < 1.29 is 25.5 Å². The third kappa shape index (κ3) is 5.40. The second-order valence-electron chi connectivity index (χ2n) is 4.24. The second kappa shape index (κ2) is 8.50. The fourth-order valence-electron chi connectivity index (χ4n) is 1.39. The summed E-state index contributed by atoms with van der Waals surface area (Å²) in [6.07, 6.45) is -5.63. The van der Waals surface area contributed by atoms with Crippen LogP contribution in [0, 0.1) is 0 Å². The lowest BCUT2D eigenvalue weighted by Gasteiger charge is -2.23. The van der Waals surface area contributed by atoms with Crippen LogP contribution in [0.4, 0.5) is 5.69 Å². The monoisotopic (exact) mass is 338 g/mol. The summed E-state index contributed by atoms with van der Waals surface area (Å²) in [5, 5.41) is 50.7. The van der Waals surface area contributed by atoms with Gasteiger partial charge in [0.15, 0.2) is 0 Å². The average molecular weight is 339 g/mol. The van der Waals surface area contributed by atoms with E-state index < -0.39 is 31.0 Å². The zero-order chi connectivity index (χ0) is 16.0. The Morgan fingerprint density at radius 3 is 2.38 bits per heavy atom. The minimum absolute atomic E-state index is 0.311. The van der Waals surface area contributed by atoms with Crippen molar-refractivity contribution in [1.29, 1.82) is 0 Å². The number of hydrogen-bond donors (Lipinski definition) is 6. The van der Waals surface area contributed by atoms with Crippen LogP contribution < -0.4 is 5.43 Å². The molecule has 1 aromatic carbocycles. The Hall–Kier alpha value is -0.930. The molecule has 0 saturated carbocycles. The highest BCUT2D eigenvalue weighted by Crippen LogP contribution is 2.25. The van der Waals surface area contributed by atoms with Gasteiger partial charge in [-0.1, -0.05) is 23.2 Å². The van der Waals surface area contributed by atoms with E-state index in [0.29, 0.717) is 15.7 Å². The maximum Gasteiger partial charge on any atom is 0.119 e. The lowest BCUT2D eigenvalue weighted by molar-refractivity contribution is -0.0999. The molecule has 7 nitrogen and oxygen atoms in total. The maximum absolute atomic E-state index is 9.58. The summed E-state index contributed by atoms with van der Waals surface area (Å²) < 4.78 is 0. The molecule has 0 spiro atoms. The van der Waals surface area contributed by atoms with E-state index in [4.69, 9.17) is 33.4 Å². The summed E-state index contributed by atoms with van der Waals surface area (Å²) in [5.41, 5.74) is 2.95. The molecule has 1 rings (SSSR count). The number of aliphatic hydroxyl groups excluding tert-OH is 5. The van der Waals surface area contributed by atoms with Gasteiger partial charge in [-0.15, -0.1) is 0 Å². The number of halogens is 2. The largest absolute Gasteiger partial charge is 0.394 e. The van der Waals surface area contributed by atoms with Gasteiger partial charge in [0.2, 0.25) is 0 Å². The van der Waals surface area contributed by atoms with Gasteiger partial charge in [-0.25, -0.2) is 0 Å². The molecule has 4 atom stereocenters. The van der Waals surface area contributed by atoms with E-state index >= 15 is 0 Å². The molecule has 0 heterocycles. The third-order valence-electron chi connectivity index (χ3n) is 2.62. The van der Waals surface area contributed by atoms with Crippen molar-refractivity contribution in [2.75, 3.05) is 12.0 Å². The molecule has 0 unspecified atom stereocenters. The molecule has 0 amide bonds. The summed E-state index contributed by atoms with van der Waals surface area (Å²) in [6.45, 7) is -0.749. The SMILES string of the molecule is OC[C@@H](O)[C@H](O)[C@H](O)[C@@H](O)/C=N/Nc1ccc(Cl)cc1Cl. The molecule has 0 aromatic heterocycles. The van der Waals surface area contributed by atoms with Gasteiger partial charge in [0.05, 0.1) is 23.5 Å². The molecular formula is C12H16Cl2N2O5. The van der Waals surface area contributed by atoms with Gasteiger partial charge < -0.3 is 25.5 Å². The summed E-state index contributed by atoms with van der Waals surface area (Å²) in [7, 11) is 0. The molecule has 21 heavy (non-hydrogen) atoms. The Labute approximate surface area is 131 Å². The number of rotatable bonds is 7. The molecule has 0 fully saturated rings. The molecule has 0 aliphatic heterocycles. The van der Waals surface area contributed by atoms with Crippen molar-refractivity contribution >= 4 is 35.1 Å². The topological polar surface area (TPSA) is 126 Å². The smallest absolute Gasteiger partial charge is 0.119 e. The van der Waals surface area contributed by atoms with Crippen LogP contribution in [-0.2, 0) is 0 Å². The van der Waals surface area contributed by atoms with Crippen LogP contribution in [-0.4, -0.2) is 62.8 Å². The molecular weight excluding hydrogens is 323 g/mol. The highest BCUT2D eigenvalue weighted by atomic mass is 35.5. The van der Waals surface area contributed by atoms with Gasteiger partial charge >= 0.3 is 0 Å². The van der Waals surface area contributed by atoms with Crippen molar-refractivity contribution in [3.63, 3.8) is 0 Å². The number of hydrazone groups is 1. The van der Waals surface area contributed by atoms with Gasteiger partial charge in [0.1, 0.15) is 24.4 Å². The lowest BCUT2D eigenvalue weighted by atomic mass is 10.0. The number of anilines is 1. The van der Waals surface area contributed by atoms with Gasteiger partial charge in [-0.2, -0.15) is 5.10 Å². The van der Waals surface area contributed by atoms with Crippen molar-refractivity contribution in [2.45, 2.75) is 24.4 Å². The predicted octanol–water partition coefficient (Wildman–Crippen LogP) is -0.173. The number of benzene rings is 1. The Morgan fingerprint density at radius 1 is 1.14 bits per heavy atom. The number of nitrogens with one attached hydrogen (secondary N) is 1. The standard InChI is InChI=1S/C12H16Cl2N2O5/c13-6-1-2-8(7(14)3-6)16-15-4-9(18)11(20)12(21)10(19)5-17/h1-4,9-12,16-21H,5H2/b15-4+/t9-,10+,11+,12-/m0/s1. The Bertz CT molecular complexity index is 489. The first-order chi connectivity index (χ1) is 9.86. The predicted molar refractivity (Wildman–Crippen MR) is 79.7 cm³/mol. The van der Waals surface area contributed by atoms with E-state index in [1.807, 2.05) is 0 Å². The third-order valence-corrected chi connectivity index (χ3v) is 3.17. The van der Waals surface area contributed by atoms with Crippen LogP contribution in [0.15, 0.2) is 23.3 Å². The minimum atomic E-state index is -1.71. The van der Waals surface area contributed by atoms with Crippen LogP contribution in [0.1, 0.15) is 0 Å². The van der Waals surface area contributed by atoms with Crippen LogP contribution in [0.25, 0.3) is 0 Å². The van der Waals surface area contributed by atoms with Crippen LogP contribution in [0.3, 0.4) is 0 Å². The van der Waals surface area contributed by atoms with E-state index in [-0.39, 0.29) is 0 Å². The van der Waals surface area contributed by atoms with Crippen molar-refractivity contribution in [2.24, 2.45) is 5.10 Å². The molecule has 0 bridgehead atoms. The molecule has 0 aliphatic carbocycles. The lowest BCUT2D eigenvalue weighted by Crippen LogP contribution is -2.46. The average Bonchev–Trinajstić information content (AvgIpc) is 2.46. The molecule has 0 radical (unpaired) electrons. The Balaban J connectivity index is 2.59. The molecule has 6 N–H and O–H groups in total. The highest BCUT2D eigenvalue weighted by Gasteiger charge is 2.29. The fourth-order valence-corrected chi connectivity index (χ4v) is 1.84. The van der Waals surface area contributed by atoms with E-state index in [2.05, 4.69) is 10.5 Å². The number of aliphatic hydroxyl groups is 5. The van der Waals surface area contributed by atoms with Gasteiger partial charge in [0.25, 0.3) is 0 Å². The van der Waals surface area contributed by atoms with Gasteiger partial charge in [-0.05, 0) is 18.2 Å². The van der Waals surface area contributed by atoms with E-state index in [1.165, 1.54) is 6.07 Å². The minimum Gasteiger partial charge on any atom is -0.394 e. The quantitative estimate of drug-likeness (QED) is 0.303. The zero-order valence-corrected chi connectivity index (χ0v) is 12.3. The van der Waals surface area contributed by atoms with Crippen LogP contribution in [0.5, 0.6) is 0 Å². The zero-order valence-electron chi connectivity index (χ0n) is 10.8. The van der Waals surface area contributed by atoms with Crippen molar-refractivity contribution in [3.05, 3.63) is 28.2 Å². The summed E-state index contributed by atoms with van der Waals surface area (Å²) in [4.78, 5) is 0. The maximum atomic E-state index is 9.58. The number of nitrogens with zero attached hydrogens (tertiary/aromatic N) is 1. The van der Waals surface area contributed by atoms with Crippen LogP contribution in [0.2, 0.25) is 10.0 Å². The second-order valence-corrected chi connectivity index (χ2v) is 5.08. The molecule has 0 saturated heterocycles.